The van der Waals surface area contributed by atoms with Crippen LogP contribution in [0, 0.1) is 6.92 Å². The molecule has 1 fully saturated rings. The van der Waals surface area contributed by atoms with Gasteiger partial charge in [-0.1, -0.05) is 56.8 Å². The molecule has 1 aromatic rings. The summed E-state index contributed by atoms with van der Waals surface area (Å²) in [5, 5.41) is 0.484. The highest BCUT2D eigenvalue weighted by Gasteiger charge is 2.36. The zero-order valence-corrected chi connectivity index (χ0v) is 19.9. The molecule has 26 heavy (non-hydrogen) atoms. The van der Waals surface area contributed by atoms with Gasteiger partial charge in [-0.15, -0.1) is 0 Å². The summed E-state index contributed by atoms with van der Waals surface area (Å²) in [6, 6.07) is 5.98. The second kappa shape index (κ2) is 11.5. The third kappa shape index (κ3) is 6.68. The summed E-state index contributed by atoms with van der Waals surface area (Å²) in [5.41, 5.74) is 2.15. The smallest absolute Gasteiger partial charge is 0.223 e. The molecule has 6 heteroatoms. The lowest BCUT2D eigenvalue weighted by atomic mass is 10.0. The van der Waals surface area contributed by atoms with Crippen LogP contribution in [0.5, 0.6) is 0 Å². The maximum absolute atomic E-state index is 11.9. The Morgan fingerprint density at radius 1 is 1.19 bits per heavy atom. The van der Waals surface area contributed by atoms with E-state index in [0.717, 1.165) is 43.4 Å². The van der Waals surface area contributed by atoms with Crippen molar-refractivity contribution in [2.75, 3.05) is 5.33 Å². The van der Waals surface area contributed by atoms with Crippen molar-refractivity contribution < 1.29 is 31.1 Å². The van der Waals surface area contributed by atoms with Gasteiger partial charge in [0, 0.05) is 19.1 Å². The van der Waals surface area contributed by atoms with Crippen molar-refractivity contribution >= 4 is 43.4 Å². The van der Waals surface area contributed by atoms with Gasteiger partial charge in [0.05, 0.1) is 9.65 Å². The molecule has 0 saturated heterocycles. The topological polar surface area (TPSA) is 38.0 Å². The van der Waals surface area contributed by atoms with E-state index in [1.54, 1.807) is 0 Å². The number of carbonyl (C=O) groups excluding carboxylic acids is 2. The average molecular weight is 552 g/mol. The zero-order valence-electron chi connectivity index (χ0n) is 15.1. The van der Waals surface area contributed by atoms with Gasteiger partial charge in [-0.3, -0.25) is 9.59 Å². The quantitative estimate of drug-likeness (QED) is 0.412. The van der Waals surface area contributed by atoms with Crippen molar-refractivity contribution in [2.24, 2.45) is 0 Å². The lowest BCUT2D eigenvalue weighted by Gasteiger charge is -2.17. The molecule has 0 radical (unpaired) electrons. The predicted molar refractivity (Wildman–Crippen MR) is 107 cm³/mol. The van der Waals surface area contributed by atoms with Crippen molar-refractivity contribution in [2.45, 2.75) is 62.7 Å². The largest absolute Gasteiger partial charge is 1.00 e. The Labute approximate surface area is 183 Å². The number of Topliss-reactive ketones (excluding diaryl/α,β-unsaturated/α-hetero) is 2. The number of carbonyl (C=O) groups is 2. The molecular formula is C20H26Br3NO2. The van der Waals surface area contributed by atoms with Crippen LogP contribution in [0.4, 0.5) is 0 Å². The van der Waals surface area contributed by atoms with Gasteiger partial charge in [-0.25, -0.2) is 0 Å². The number of pyridine rings is 1. The molecule has 0 atom stereocenters. The summed E-state index contributed by atoms with van der Waals surface area (Å²) in [7, 11) is 0. The summed E-state index contributed by atoms with van der Waals surface area (Å²) in [6.07, 6.45) is 11.6. The molecule has 0 aromatic carbocycles. The van der Waals surface area contributed by atoms with Crippen molar-refractivity contribution in [3.05, 3.63) is 41.7 Å². The summed E-state index contributed by atoms with van der Waals surface area (Å²) < 4.78 is 1.83. The molecule has 1 heterocycles. The van der Waals surface area contributed by atoms with E-state index in [0.29, 0.717) is 17.7 Å². The maximum atomic E-state index is 11.9. The lowest BCUT2D eigenvalue weighted by Crippen LogP contribution is -3.00. The number of aryl methyl sites for hydroxylation is 1. The van der Waals surface area contributed by atoms with Gasteiger partial charge in [0.1, 0.15) is 0 Å². The van der Waals surface area contributed by atoms with Crippen LogP contribution >= 0.6 is 31.9 Å². The Morgan fingerprint density at radius 2 is 1.88 bits per heavy atom. The standard InChI is InChI=1S/C13H16NO.C7H10Br2O.BrH/c1-11-6-4-5-9-14(11)10-13(15)12-7-2-3-8-12;8-5-6(10)7(9)3-1-2-4-7;/h4-7,9H,2-3,8,10H2,1H3;1-5H2;1H/q+1;;/p-1. The summed E-state index contributed by atoms with van der Waals surface area (Å²) in [6.45, 7) is 2.51. The first-order valence-corrected chi connectivity index (χ1v) is 10.8. The summed E-state index contributed by atoms with van der Waals surface area (Å²) in [5.74, 6) is 0.566. The van der Waals surface area contributed by atoms with Crippen LogP contribution in [0.25, 0.3) is 0 Å². The van der Waals surface area contributed by atoms with Crippen molar-refractivity contribution in [3.63, 3.8) is 0 Å². The van der Waals surface area contributed by atoms with Gasteiger partial charge in [0.15, 0.2) is 17.7 Å². The molecule has 0 amide bonds. The van der Waals surface area contributed by atoms with E-state index in [1.807, 2.05) is 35.9 Å². The Morgan fingerprint density at radius 3 is 2.42 bits per heavy atom. The third-order valence-electron chi connectivity index (χ3n) is 4.90. The van der Waals surface area contributed by atoms with E-state index in [9.17, 15) is 9.59 Å². The first-order chi connectivity index (χ1) is 12.0. The maximum Gasteiger partial charge on any atom is 0.223 e. The van der Waals surface area contributed by atoms with E-state index in [-0.39, 0.29) is 27.1 Å². The van der Waals surface area contributed by atoms with Crippen LogP contribution in [0.2, 0.25) is 0 Å². The minimum atomic E-state index is -0.170. The number of hydrogen-bond acceptors (Lipinski definition) is 2. The fourth-order valence-corrected chi connectivity index (χ4v) is 4.87. The molecule has 0 bridgehead atoms. The normalized spacial score (nSPS) is 17.6. The van der Waals surface area contributed by atoms with Crippen molar-refractivity contribution in [1.29, 1.82) is 0 Å². The molecule has 0 unspecified atom stereocenters. The third-order valence-corrected chi connectivity index (χ3v) is 6.64. The molecule has 1 saturated carbocycles. The van der Waals surface area contributed by atoms with Crippen LogP contribution < -0.4 is 21.5 Å². The monoisotopic (exact) mass is 549 g/mol. The summed E-state index contributed by atoms with van der Waals surface area (Å²) in [4.78, 5) is 23.1. The molecule has 0 aliphatic heterocycles. The van der Waals surface area contributed by atoms with E-state index in [2.05, 4.69) is 37.9 Å². The Bertz CT molecular complexity index is 652. The van der Waals surface area contributed by atoms with Gasteiger partial charge in [0.2, 0.25) is 12.3 Å². The van der Waals surface area contributed by atoms with E-state index in [1.165, 1.54) is 12.8 Å². The number of ketones is 2. The highest BCUT2D eigenvalue weighted by Crippen LogP contribution is 2.38. The molecule has 0 N–H and O–H groups in total. The number of rotatable bonds is 5. The number of halogens is 3. The Kier molecular flexibility index (Phi) is 10.5. The van der Waals surface area contributed by atoms with E-state index < -0.39 is 0 Å². The average Bonchev–Trinajstić information content (AvgIpc) is 3.29. The van der Waals surface area contributed by atoms with Crippen LogP contribution in [-0.2, 0) is 16.1 Å². The van der Waals surface area contributed by atoms with Gasteiger partial charge in [0.25, 0.3) is 0 Å². The Hall–Kier alpha value is -0.330. The van der Waals surface area contributed by atoms with Crippen molar-refractivity contribution in [3.8, 4) is 0 Å². The highest BCUT2D eigenvalue weighted by atomic mass is 79.9. The molecule has 1 aromatic heterocycles. The van der Waals surface area contributed by atoms with Gasteiger partial charge in [-0.2, -0.15) is 4.57 Å². The van der Waals surface area contributed by atoms with Crippen molar-refractivity contribution in [1.82, 2.24) is 0 Å². The number of allylic oxidation sites excluding steroid dienone is 2. The second-order valence-corrected chi connectivity index (χ2v) is 8.82. The fourth-order valence-electron chi connectivity index (χ4n) is 3.25. The van der Waals surface area contributed by atoms with E-state index in [4.69, 9.17) is 0 Å². The minimum Gasteiger partial charge on any atom is -1.00 e. The van der Waals surface area contributed by atoms with Crippen LogP contribution in [0.3, 0.4) is 0 Å². The fraction of sp³-hybridized carbons (Fsp3) is 0.550. The first kappa shape index (κ1) is 23.7. The van der Waals surface area contributed by atoms with Crippen LogP contribution in [0.1, 0.15) is 50.6 Å². The lowest BCUT2D eigenvalue weighted by molar-refractivity contribution is -0.690. The molecule has 2 aliphatic rings. The number of nitrogens with zero attached hydrogens (tertiary/aromatic N) is 1. The van der Waals surface area contributed by atoms with Gasteiger partial charge < -0.3 is 17.0 Å². The molecular weight excluding hydrogens is 526 g/mol. The minimum absolute atomic E-state index is 0. The number of hydrogen-bond donors (Lipinski definition) is 0. The number of alkyl halides is 2. The zero-order chi connectivity index (χ0) is 18.3. The van der Waals surface area contributed by atoms with Crippen LogP contribution in [-0.4, -0.2) is 21.2 Å². The Balaban J connectivity index is 0.000000270. The molecule has 2 aliphatic carbocycles. The van der Waals surface area contributed by atoms with Gasteiger partial charge in [-0.05, 0) is 37.7 Å². The highest BCUT2D eigenvalue weighted by molar-refractivity contribution is 9.10. The molecule has 3 nitrogen and oxygen atoms in total. The summed E-state index contributed by atoms with van der Waals surface area (Å²) >= 11 is 6.67. The van der Waals surface area contributed by atoms with E-state index >= 15 is 0 Å². The molecule has 3 rings (SSSR count). The second-order valence-electron chi connectivity index (χ2n) is 6.74. The molecule has 144 valence electrons. The SMILES string of the molecule is Cc1cccc[n+]1CC(=O)C1=CCCC1.O=C(CBr)C1(Br)CCCC1.[Br-]. The predicted octanol–water partition coefficient (Wildman–Crippen LogP) is 1.62. The first-order valence-electron chi connectivity index (χ1n) is 8.92. The van der Waals surface area contributed by atoms with Crippen LogP contribution in [0.15, 0.2) is 36.0 Å². The molecule has 0 spiro atoms. The van der Waals surface area contributed by atoms with Gasteiger partial charge >= 0.3 is 0 Å². The number of aromatic nitrogens is 1.